The highest BCUT2D eigenvalue weighted by molar-refractivity contribution is 8.03. The highest BCUT2D eigenvalue weighted by atomic mass is 32.2. The molecule has 1 aromatic heterocycles. The maximum atomic E-state index is 13.3. The molecule has 1 aliphatic rings. The molecule has 2 aromatic carbocycles. The lowest BCUT2D eigenvalue weighted by molar-refractivity contribution is -0.114. The summed E-state index contributed by atoms with van der Waals surface area (Å²) in [6.07, 6.45) is 0. The number of rotatable bonds is 7. The number of allylic oxidation sites excluding steroid dienone is 2. The van der Waals surface area contributed by atoms with Gasteiger partial charge in [0, 0.05) is 22.6 Å². The monoisotopic (exact) mass is 486 g/mol. The molecule has 1 unspecified atom stereocenters. The second kappa shape index (κ2) is 10.9. The number of thioether (sulfide) groups is 1. The third-order valence-corrected chi connectivity index (χ3v) is 6.92. The van der Waals surface area contributed by atoms with E-state index in [0.717, 1.165) is 5.56 Å². The van der Waals surface area contributed by atoms with Crippen LogP contribution in [0.3, 0.4) is 0 Å². The van der Waals surface area contributed by atoms with Crippen molar-refractivity contribution in [2.75, 3.05) is 16.4 Å². The van der Waals surface area contributed by atoms with Crippen LogP contribution >= 0.6 is 23.1 Å². The first-order valence-electron chi connectivity index (χ1n) is 10.5. The number of nitrogens with one attached hydrogen (secondary N) is 3. The van der Waals surface area contributed by atoms with Gasteiger partial charge in [-0.1, -0.05) is 48.2 Å². The predicted octanol–water partition coefficient (Wildman–Crippen LogP) is 5.45. The molecule has 2 amide bonds. The molecule has 1 atom stereocenters. The first kappa shape index (κ1) is 23.4. The summed E-state index contributed by atoms with van der Waals surface area (Å²) in [5, 5.41) is 23.5. The summed E-state index contributed by atoms with van der Waals surface area (Å²) >= 11 is 2.76. The molecular weight excluding hydrogens is 464 g/mol. The Balaban J connectivity index is 1.59. The molecule has 0 radical (unpaired) electrons. The molecule has 6 nitrogen and oxygen atoms in total. The smallest absolute Gasteiger partial charge is 0.254 e. The van der Waals surface area contributed by atoms with Gasteiger partial charge in [0.2, 0.25) is 5.91 Å². The Morgan fingerprint density at radius 1 is 1.03 bits per heavy atom. The molecule has 0 fully saturated rings. The first-order chi connectivity index (χ1) is 16.6. The fraction of sp³-hybridized carbons (Fsp3) is 0.115. The summed E-state index contributed by atoms with van der Waals surface area (Å²) in [5.41, 5.74) is 3.81. The minimum absolute atomic E-state index is 0.123. The quantitative estimate of drug-likeness (QED) is 0.413. The van der Waals surface area contributed by atoms with Crippen LogP contribution in [0.25, 0.3) is 0 Å². The maximum Gasteiger partial charge on any atom is 0.254 e. The number of nitrogens with zero attached hydrogens (tertiary/aromatic N) is 1. The summed E-state index contributed by atoms with van der Waals surface area (Å²) in [4.78, 5) is 25.8. The summed E-state index contributed by atoms with van der Waals surface area (Å²) in [5.74, 6) is -0.853. The maximum absolute atomic E-state index is 13.3. The lowest BCUT2D eigenvalue weighted by atomic mass is 9.83. The van der Waals surface area contributed by atoms with E-state index in [1.165, 1.54) is 23.1 Å². The van der Waals surface area contributed by atoms with Gasteiger partial charge in [-0.2, -0.15) is 16.6 Å². The minimum atomic E-state index is -0.527. The van der Waals surface area contributed by atoms with Gasteiger partial charge in [-0.15, -0.1) is 0 Å². The lowest BCUT2D eigenvalue weighted by Crippen LogP contribution is -2.31. The van der Waals surface area contributed by atoms with E-state index in [9.17, 15) is 14.9 Å². The van der Waals surface area contributed by atoms with Crippen LogP contribution in [0.4, 0.5) is 11.4 Å². The van der Waals surface area contributed by atoms with Crippen molar-refractivity contribution in [3.8, 4) is 6.07 Å². The Labute approximate surface area is 206 Å². The summed E-state index contributed by atoms with van der Waals surface area (Å²) in [6, 6.07) is 22.6. The molecule has 0 saturated carbocycles. The SMILES string of the molecule is CC1=C(C(=O)Nc2ccccc2)C(c2ccsc2)C(C#N)=C(SCC(=O)Nc2ccccc2)N1. The van der Waals surface area contributed by atoms with E-state index >= 15 is 0 Å². The van der Waals surface area contributed by atoms with Crippen LogP contribution in [0.5, 0.6) is 0 Å². The Morgan fingerprint density at radius 2 is 1.68 bits per heavy atom. The summed E-state index contributed by atoms with van der Waals surface area (Å²) in [6.45, 7) is 1.82. The summed E-state index contributed by atoms with van der Waals surface area (Å²) < 4.78 is 0. The highest BCUT2D eigenvalue weighted by Crippen LogP contribution is 2.41. The van der Waals surface area contributed by atoms with Gasteiger partial charge in [0.25, 0.3) is 5.91 Å². The Morgan fingerprint density at radius 3 is 2.26 bits per heavy atom. The van der Waals surface area contributed by atoms with Gasteiger partial charge in [-0.25, -0.2) is 0 Å². The number of para-hydroxylation sites is 2. The third-order valence-electron chi connectivity index (χ3n) is 5.21. The number of benzene rings is 2. The molecule has 3 aromatic rings. The fourth-order valence-electron chi connectivity index (χ4n) is 3.68. The average Bonchev–Trinajstić information content (AvgIpc) is 3.38. The zero-order chi connectivity index (χ0) is 23.9. The molecule has 0 aliphatic carbocycles. The normalized spacial score (nSPS) is 15.4. The zero-order valence-corrected chi connectivity index (χ0v) is 20.0. The molecule has 4 rings (SSSR count). The van der Waals surface area contributed by atoms with E-state index in [4.69, 9.17) is 0 Å². The van der Waals surface area contributed by atoms with Gasteiger partial charge in [0.1, 0.15) is 0 Å². The molecular formula is C26H22N4O2S2. The fourth-order valence-corrected chi connectivity index (χ4v) is 5.25. The van der Waals surface area contributed by atoms with Crippen molar-refractivity contribution < 1.29 is 9.59 Å². The van der Waals surface area contributed by atoms with Crippen molar-refractivity contribution in [3.05, 3.63) is 105 Å². The van der Waals surface area contributed by atoms with Crippen LogP contribution in [0.2, 0.25) is 0 Å². The topological polar surface area (TPSA) is 94.0 Å². The van der Waals surface area contributed by atoms with Gasteiger partial charge in [0.15, 0.2) is 0 Å². The lowest BCUT2D eigenvalue weighted by Gasteiger charge is -2.29. The van der Waals surface area contributed by atoms with Crippen LogP contribution in [0.15, 0.2) is 99.4 Å². The zero-order valence-electron chi connectivity index (χ0n) is 18.4. The molecule has 34 heavy (non-hydrogen) atoms. The number of thiophene rings is 1. The number of amides is 2. The molecule has 0 bridgehead atoms. The molecule has 0 saturated heterocycles. The van der Waals surface area contributed by atoms with Crippen molar-refractivity contribution in [2.45, 2.75) is 12.8 Å². The number of carbonyl (C=O) groups excluding carboxylic acids is 2. The molecule has 2 heterocycles. The Bertz CT molecular complexity index is 1280. The van der Waals surface area contributed by atoms with Gasteiger partial charge < -0.3 is 16.0 Å². The van der Waals surface area contributed by atoms with Crippen molar-refractivity contribution in [3.63, 3.8) is 0 Å². The minimum Gasteiger partial charge on any atom is -0.353 e. The molecule has 170 valence electrons. The number of nitriles is 1. The predicted molar refractivity (Wildman–Crippen MR) is 138 cm³/mol. The van der Waals surface area contributed by atoms with Crippen LogP contribution in [0.1, 0.15) is 18.4 Å². The number of hydrogen-bond acceptors (Lipinski definition) is 6. The molecule has 0 spiro atoms. The highest BCUT2D eigenvalue weighted by Gasteiger charge is 2.35. The number of hydrogen-bond donors (Lipinski definition) is 3. The van der Waals surface area contributed by atoms with Gasteiger partial charge in [-0.05, 0) is 53.6 Å². The van der Waals surface area contributed by atoms with E-state index in [0.29, 0.717) is 33.2 Å². The largest absolute Gasteiger partial charge is 0.353 e. The second-order valence-electron chi connectivity index (χ2n) is 7.53. The van der Waals surface area contributed by atoms with Crippen LogP contribution in [0, 0.1) is 11.3 Å². The number of dihydropyridines is 1. The molecule has 8 heteroatoms. The van der Waals surface area contributed by atoms with Crippen molar-refractivity contribution in [1.29, 1.82) is 5.26 Å². The Hall–Kier alpha value is -3.80. The van der Waals surface area contributed by atoms with Crippen LogP contribution < -0.4 is 16.0 Å². The van der Waals surface area contributed by atoms with E-state index < -0.39 is 5.92 Å². The second-order valence-corrected chi connectivity index (χ2v) is 9.30. The molecule has 3 N–H and O–H groups in total. The van der Waals surface area contributed by atoms with E-state index in [-0.39, 0.29) is 17.6 Å². The third kappa shape index (κ3) is 5.39. The summed E-state index contributed by atoms with van der Waals surface area (Å²) in [7, 11) is 0. The first-order valence-corrected chi connectivity index (χ1v) is 12.5. The average molecular weight is 487 g/mol. The van der Waals surface area contributed by atoms with Crippen LogP contribution in [-0.4, -0.2) is 17.6 Å². The van der Waals surface area contributed by atoms with Crippen LogP contribution in [-0.2, 0) is 9.59 Å². The van der Waals surface area contributed by atoms with Crippen molar-refractivity contribution in [2.24, 2.45) is 0 Å². The van der Waals surface area contributed by atoms with Crippen molar-refractivity contribution >= 4 is 46.3 Å². The van der Waals surface area contributed by atoms with E-state index in [1.807, 2.05) is 84.4 Å². The number of anilines is 2. The number of carbonyl (C=O) groups is 2. The van der Waals surface area contributed by atoms with Crippen molar-refractivity contribution in [1.82, 2.24) is 5.32 Å². The van der Waals surface area contributed by atoms with Gasteiger partial charge in [0.05, 0.1) is 28.3 Å². The Kier molecular flexibility index (Phi) is 7.48. The molecule has 1 aliphatic heterocycles. The standard InChI is InChI=1S/C26H22N4O2S2/c1-17-23(25(32)30-20-10-6-3-7-11-20)24(18-12-13-33-15-18)21(14-27)26(28-17)34-16-22(31)29-19-8-4-2-5-9-19/h2-13,15,24,28H,16H2,1H3,(H,29,31)(H,30,32). The van der Waals surface area contributed by atoms with Gasteiger partial charge >= 0.3 is 0 Å². The van der Waals surface area contributed by atoms with Gasteiger partial charge in [-0.3, -0.25) is 9.59 Å². The van der Waals surface area contributed by atoms with E-state index in [2.05, 4.69) is 22.0 Å². The van der Waals surface area contributed by atoms with E-state index in [1.54, 1.807) is 0 Å².